The van der Waals surface area contributed by atoms with Crippen LogP contribution in [0.4, 0.5) is 0 Å². The molecule has 3 aromatic rings. The van der Waals surface area contributed by atoms with Crippen LogP contribution in [0.15, 0.2) is 60.8 Å². The molecule has 0 bridgehead atoms. The Morgan fingerprint density at radius 2 is 1.75 bits per heavy atom. The Morgan fingerprint density at radius 3 is 2.50 bits per heavy atom. The summed E-state index contributed by atoms with van der Waals surface area (Å²) >= 11 is 0. The molecule has 0 atom stereocenters. The molecular weight excluding hydrogens is 252 g/mol. The van der Waals surface area contributed by atoms with E-state index >= 15 is 0 Å². The maximum Gasteiger partial charge on any atom is 0.354 e. The van der Waals surface area contributed by atoms with Crippen molar-refractivity contribution in [2.45, 2.75) is 0 Å². The van der Waals surface area contributed by atoms with Gasteiger partial charge in [0.2, 0.25) is 0 Å². The highest BCUT2D eigenvalue weighted by molar-refractivity contribution is 6.15. The number of aromatic nitrogens is 2. The number of carboxylic acids is 1. The van der Waals surface area contributed by atoms with Gasteiger partial charge in [-0.15, -0.1) is 0 Å². The predicted octanol–water partition coefficient (Wildman–Crippen LogP) is 3.12. The van der Waals surface area contributed by atoms with Crippen molar-refractivity contribution in [3.63, 3.8) is 0 Å². The van der Waals surface area contributed by atoms with Gasteiger partial charge in [-0.3, -0.25) is 0 Å². The number of fused-ring (bicyclic) bond motifs is 1. The highest BCUT2D eigenvalue weighted by atomic mass is 16.4. The predicted molar refractivity (Wildman–Crippen MR) is 78.0 cm³/mol. The van der Waals surface area contributed by atoms with Crippen LogP contribution in [0, 0.1) is 0 Å². The minimum atomic E-state index is -1.01. The van der Waals surface area contributed by atoms with E-state index in [0.29, 0.717) is 0 Å². The van der Waals surface area contributed by atoms with Crippen molar-refractivity contribution in [1.82, 2.24) is 9.78 Å². The lowest BCUT2D eigenvalue weighted by molar-refractivity contribution is -0.130. The van der Waals surface area contributed by atoms with Crippen molar-refractivity contribution in [3.05, 3.63) is 66.4 Å². The minimum absolute atomic E-state index is 0.123. The molecule has 2 aromatic carbocycles. The van der Waals surface area contributed by atoms with E-state index in [1.165, 1.54) is 4.68 Å². The molecule has 1 N–H and O–H groups in total. The zero-order chi connectivity index (χ0) is 13.9. The summed E-state index contributed by atoms with van der Waals surface area (Å²) in [6.45, 7) is 0. The molecule has 20 heavy (non-hydrogen) atoms. The number of aliphatic carboxylic acids is 1. The van der Waals surface area contributed by atoms with Gasteiger partial charge in [-0.25, -0.2) is 9.48 Å². The summed E-state index contributed by atoms with van der Waals surface area (Å²) in [6, 6.07) is 16.9. The summed E-state index contributed by atoms with van der Waals surface area (Å²) in [4.78, 5) is 11.5. The molecule has 0 saturated heterocycles. The van der Waals surface area contributed by atoms with E-state index in [4.69, 9.17) is 0 Å². The molecule has 0 aliphatic heterocycles. The summed E-state index contributed by atoms with van der Waals surface area (Å²) in [6.07, 6.45) is 3.28. The third kappa shape index (κ3) is 2.19. The van der Waals surface area contributed by atoms with Crippen LogP contribution < -0.4 is 0 Å². The van der Waals surface area contributed by atoms with E-state index < -0.39 is 5.97 Å². The topological polar surface area (TPSA) is 55.1 Å². The van der Waals surface area contributed by atoms with Gasteiger partial charge in [0.05, 0.1) is 11.7 Å². The molecule has 0 aliphatic rings. The third-order valence-corrected chi connectivity index (χ3v) is 3.03. The first-order chi connectivity index (χ1) is 9.75. The van der Waals surface area contributed by atoms with E-state index in [0.717, 1.165) is 16.5 Å². The van der Waals surface area contributed by atoms with Crippen molar-refractivity contribution in [2.75, 3.05) is 0 Å². The normalized spacial score (nSPS) is 11.7. The summed E-state index contributed by atoms with van der Waals surface area (Å²) in [5.41, 5.74) is 1.72. The van der Waals surface area contributed by atoms with E-state index in [9.17, 15) is 9.90 Å². The van der Waals surface area contributed by atoms with Gasteiger partial charge in [0.15, 0.2) is 5.70 Å². The average Bonchev–Trinajstić information content (AvgIpc) is 2.89. The molecule has 0 aliphatic carbocycles. The number of hydrogen-bond donors (Lipinski definition) is 1. The Bertz CT molecular complexity index is 788. The van der Waals surface area contributed by atoms with E-state index in [2.05, 4.69) is 5.10 Å². The molecule has 1 aromatic heterocycles. The van der Waals surface area contributed by atoms with E-state index in [1.807, 2.05) is 54.6 Å². The smallest absolute Gasteiger partial charge is 0.354 e. The number of carboxylic acid groups (broad SMARTS) is 1. The van der Waals surface area contributed by atoms with Gasteiger partial charge in [0, 0.05) is 5.39 Å². The highest BCUT2D eigenvalue weighted by Gasteiger charge is 2.13. The minimum Gasteiger partial charge on any atom is -0.477 e. The van der Waals surface area contributed by atoms with Crippen molar-refractivity contribution in [1.29, 1.82) is 0 Å². The van der Waals surface area contributed by atoms with Crippen LogP contribution in [0.25, 0.3) is 22.7 Å². The van der Waals surface area contributed by atoms with Gasteiger partial charge >= 0.3 is 5.97 Å². The van der Waals surface area contributed by atoms with Crippen LogP contribution >= 0.6 is 0 Å². The SMILES string of the molecule is O=C(O)C(=Cc1ccccc1)n1ncc2ccccc21. The quantitative estimate of drug-likeness (QED) is 0.739. The fourth-order valence-electron chi connectivity index (χ4n) is 2.08. The molecular formula is C16H12N2O2. The fraction of sp³-hybridized carbons (Fsp3) is 0. The zero-order valence-electron chi connectivity index (χ0n) is 10.6. The lowest BCUT2D eigenvalue weighted by Gasteiger charge is -2.04. The highest BCUT2D eigenvalue weighted by Crippen LogP contribution is 2.19. The van der Waals surface area contributed by atoms with Crippen LogP contribution in [-0.4, -0.2) is 20.9 Å². The van der Waals surface area contributed by atoms with Crippen LogP contribution in [0.5, 0.6) is 0 Å². The monoisotopic (exact) mass is 264 g/mol. The van der Waals surface area contributed by atoms with Crippen molar-refractivity contribution in [2.24, 2.45) is 0 Å². The summed E-state index contributed by atoms with van der Waals surface area (Å²) < 4.78 is 1.45. The largest absolute Gasteiger partial charge is 0.477 e. The zero-order valence-corrected chi connectivity index (χ0v) is 10.6. The maximum atomic E-state index is 11.5. The van der Waals surface area contributed by atoms with Crippen LogP contribution in [-0.2, 0) is 4.79 Å². The third-order valence-electron chi connectivity index (χ3n) is 3.03. The number of carbonyl (C=O) groups is 1. The average molecular weight is 264 g/mol. The second-order valence-corrected chi connectivity index (χ2v) is 4.36. The Hall–Kier alpha value is -2.88. The van der Waals surface area contributed by atoms with Gasteiger partial charge in [0.25, 0.3) is 0 Å². The number of rotatable bonds is 3. The lowest BCUT2D eigenvalue weighted by atomic mass is 10.2. The molecule has 4 nitrogen and oxygen atoms in total. The second-order valence-electron chi connectivity index (χ2n) is 4.36. The van der Waals surface area contributed by atoms with Crippen molar-refractivity contribution < 1.29 is 9.90 Å². The Labute approximate surface area is 115 Å². The standard InChI is InChI=1S/C16H12N2O2/c19-16(20)15(10-12-6-2-1-3-7-12)18-14-9-5-4-8-13(14)11-17-18/h1-11H,(H,19,20). The summed E-state index contributed by atoms with van der Waals surface area (Å²) in [5.74, 6) is -1.01. The first kappa shape index (κ1) is 12.2. The fourth-order valence-corrected chi connectivity index (χ4v) is 2.08. The van der Waals surface area contributed by atoms with Gasteiger partial charge in [0.1, 0.15) is 0 Å². The molecule has 0 saturated carbocycles. The van der Waals surface area contributed by atoms with Gasteiger partial charge in [-0.05, 0) is 17.7 Å². The van der Waals surface area contributed by atoms with Crippen LogP contribution in [0.1, 0.15) is 5.56 Å². The number of benzene rings is 2. The summed E-state index contributed by atoms with van der Waals surface area (Å²) in [5, 5.41) is 14.5. The van der Waals surface area contributed by atoms with Crippen molar-refractivity contribution in [3.8, 4) is 0 Å². The van der Waals surface area contributed by atoms with Gasteiger partial charge in [-0.2, -0.15) is 5.10 Å². The molecule has 3 rings (SSSR count). The number of hydrogen-bond acceptors (Lipinski definition) is 2. The van der Waals surface area contributed by atoms with Gasteiger partial charge < -0.3 is 5.11 Å². The molecule has 98 valence electrons. The molecule has 0 spiro atoms. The Balaban J connectivity index is 2.17. The maximum absolute atomic E-state index is 11.5. The molecule has 0 fully saturated rings. The Morgan fingerprint density at radius 1 is 1.05 bits per heavy atom. The molecule has 4 heteroatoms. The van der Waals surface area contributed by atoms with Crippen LogP contribution in [0.3, 0.4) is 0 Å². The van der Waals surface area contributed by atoms with Crippen molar-refractivity contribution >= 4 is 28.6 Å². The molecule has 0 unspecified atom stereocenters. The van der Waals surface area contributed by atoms with Crippen LogP contribution in [0.2, 0.25) is 0 Å². The lowest BCUT2D eigenvalue weighted by Crippen LogP contribution is -2.08. The molecule has 1 heterocycles. The Kier molecular flexibility index (Phi) is 3.05. The van der Waals surface area contributed by atoms with E-state index in [1.54, 1.807) is 12.3 Å². The molecule has 0 radical (unpaired) electrons. The van der Waals surface area contributed by atoms with E-state index in [-0.39, 0.29) is 5.70 Å². The summed E-state index contributed by atoms with van der Waals surface area (Å²) in [7, 11) is 0. The molecule has 0 amide bonds. The first-order valence-corrected chi connectivity index (χ1v) is 6.19. The number of para-hydroxylation sites is 1. The first-order valence-electron chi connectivity index (χ1n) is 6.19. The number of nitrogens with zero attached hydrogens (tertiary/aromatic N) is 2. The van der Waals surface area contributed by atoms with Gasteiger partial charge in [-0.1, -0.05) is 48.5 Å². The second kappa shape index (κ2) is 5.01.